The predicted molar refractivity (Wildman–Crippen MR) is 36.5 cm³/mol. The molecule has 1 aliphatic heterocycles. The number of likely N-dealkylation sites (tertiary alicyclic amines) is 1. The van der Waals surface area contributed by atoms with E-state index >= 15 is 0 Å². The number of quaternary nitrogens is 1. The van der Waals surface area contributed by atoms with Crippen LogP contribution in [0, 0.1) is 0 Å². The lowest BCUT2D eigenvalue weighted by Crippen LogP contribution is -3.10. The van der Waals surface area contributed by atoms with E-state index in [1.807, 2.05) is 0 Å². The minimum absolute atomic E-state index is 0.365. The molecule has 0 saturated carbocycles. The lowest BCUT2D eigenvalue weighted by atomic mass is 10.4. The highest BCUT2D eigenvalue weighted by molar-refractivity contribution is 4.44. The molecule has 9 heavy (non-hydrogen) atoms. The molecule has 0 bridgehead atoms. The van der Waals surface area contributed by atoms with Crippen LogP contribution in [-0.4, -0.2) is 31.3 Å². The molecule has 1 heterocycles. The van der Waals surface area contributed by atoms with Crippen LogP contribution in [0.25, 0.3) is 0 Å². The molecule has 0 radical (unpaired) electrons. The van der Waals surface area contributed by atoms with Crippen molar-refractivity contribution in [3.05, 3.63) is 0 Å². The Morgan fingerprint density at radius 3 is 2.44 bits per heavy atom. The third kappa shape index (κ3) is 2.33. The lowest BCUT2D eigenvalue weighted by molar-refractivity contribution is -0.887. The van der Waals surface area contributed by atoms with Gasteiger partial charge in [-0.05, 0) is 0 Å². The molecule has 2 heteroatoms. The van der Waals surface area contributed by atoms with Crippen LogP contribution in [-0.2, 0) is 0 Å². The van der Waals surface area contributed by atoms with Crippen LogP contribution < -0.4 is 4.90 Å². The maximum atomic E-state index is 8.51. The predicted octanol–water partition coefficient (Wildman–Crippen LogP) is -0.952. The summed E-state index contributed by atoms with van der Waals surface area (Å²) in [4.78, 5) is 1.68. The first kappa shape index (κ1) is 7.03. The summed E-state index contributed by atoms with van der Waals surface area (Å²) in [6.45, 7) is 4.21. The quantitative estimate of drug-likeness (QED) is 0.506. The summed E-state index contributed by atoms with van der Waals surface area (Å²) >= 11 is 0. The van der Waals surface area contributed by atoms with Crippen molar-refractivity contribution in [2.45, 2.75) is 19.3 Å². The molecular weight excluding hydrogens is 114 g/mol. The monoisotopic (exact) mass is 130 g/mol. The van der Waals surface area contributed by atoms with Crippen molar-refractivity contribution < 1.29 is 10.0 Å². The van der Waals surface area contributed by atoms with E-state index in [9.17, 15) is 0 Å². The zero-order valence-corrected chi connectivity index (χ0v) is 5.90. The molecule has 0 aromatic rings. The molecule has 2 N–H and O–H groups in total. The average molecular weight is 130 g/mol. The molecule has 1 fully saturated rings. The van der Waals surface area contributed by atoms with Crippen molar-refractivity contribution in [2.24, 2.45) is 0 Å². The second-order valence-electron chi connectivity index (χ2n) is 2.78. The molecule has 0 aromatic carbocycles. The van der Waals surface area contributed by atoms with Gasteiger partial charge in [-0.3, -0.25) is 0 Å². The molecule has 2 nitrogen and oxygen atoms in total. The third-order valence-electron chi connectivity index (χ3n) is 2.00. The molecule has 1 rings (SSSR count). The Balaban J connectivity index is 1.98. The summed E-state index contributed by atoms with van der Waals surface area (Å²) in [5, 5.41) is 8.51. The van der Waals surface area contributed by atoms with Crippen LogP contribution in [0.1, 0.15) is 19.3 Å². The van der Waals surface area contributed by atoms with Crippen LogP contribution in [0.15, 0.2) is 0 Å². The van der Waals surface area contributed by atoms with Crippen LogP contribution in [0.2, 0.25) is 0 Å². The number of nitrogens with one attached hydrogen (secondary N) is 1. The van der Waals surface area contributed by atoms with Crippen molar-refractivity contribution in [1.82, 2.24) is 0 Å². The van der Waals surface area contributed by atoms with E-state index in [2.05, 4.69) is 0 Å². The number of hydrogen-bond donors (Lipinski definition) is 2. The topological polar surface area (TPSA) is 24.7 Å². The van der Waals surface area contributed by atoms with E-state index in [4.69, 9.17) is 5.11 Å². The number of aliphatic hydroxyl groups is 1. The van der Waals surface area contributed by atoms with Gasteiger partial charge in [-0.25, -0.2) is 0 Å². The van der Waals surface area contributed by atoms with Crippen LogP contribution >= 0.6 is 0 Å². The molecular formula is C7H16NO+. The molecule has 0 aliphatic carbocycles. The first-order valence-corrected chi connectivity index (χ1v) is 3.88. The second-order valence-corrected chi connectivity index (χ2v) is 2.78. The summed E-state index contributed by atoms with van der Waals surface area (Å²) in [6.07, 6.45) is 3.76. The zero-order chi connectivity index (χ0) is 6.53. The Labute approximate surface area is 56.5 Å². The molecule has 0 spiro atoms. The SMILES string of the molecule is OCCC[NH+]1CCCC1. The van der Waals surface area contributed by atoms with Crippen molar-refractivity contribution in [3.8, 4) is 0 Å². The molecule has 0 amide bonds. The van der Waals surface area contributed by atoms with Crippen LogP contribution in [0.3, 0.4) is 0 Å². The van der Waals surface area contributed by atoms with Gasteiger partial charge in [0.1, 0.15) is 0 Å². The Bertz CT molecular complexity index is 69.3. The minimum Gasteiger partial charge on any atom is -0.396 e. The molecule has 0 unspecified atom stereocenters. The molecule has 54 valence electrons. The summed E-state index contributed by atoms with van der Waals surface area (Å²) in [7, 11) is 0. The lowest BCUT2D eigenvalue weighted by Gasteiger charge is -2.09. The van der Waals surface area contributed by atoms with E-state index in [-0.39, 0.29) is 0 Å². The number of rotatable bonds is 3. The minimum atomic E-state index is 0.365. The van der Waals surface area contributed by atoms with Gasteiger partial charge in [0.2, 0.25) is 0 Å². The number of hydrogen-bond acceptors (Lipinski definition) is 1. The molecule has 1 aliphatic rings. The Kier molecular flexibility index (Phi) is 3.01. The standard InChI is InChI=1S/C7H15NO/c9-7-3-6-8-4-1-2-5-8/h9H,1-7H2/p+1. The summed E-state index contributed by atoms with van der Waals surface area (Å²) in [6, 6.07) is 0. The van der Waals surface area contributed by atoms with Crippen molar-refractivity contribution in [1.29, 1.82) is 0 Å². The molecule has 0 aromatic heterocycles. The van der Waals surface area contributed by atoms with Gasteiger partial charge in [-0.1, -0.05) is 0 Å². The Morgan fingerprint density at radius 2 is 1.89 bits per heavy atom. The largest absolute Gasteiger partial charge is 0.396 e. The van der Waals surface area contributed by atoms with Gasteiger partial charge < -0.3 is 10.0 Å². The van der Waals surface area contributed by atoms with E-state index in [0.29, 0.717) is 6.61 Å². The van der Waals surface area contributed by atoms with Crippen molar-refractivity contribution >= 4 is 0 Å². The van der Waals surface area contributed by atoms with Gasteiger partial charge in [-0.15, -0.1) is 0 Å². The highest BCUT2D eigenvalue weighted by atomic mass is 16.3. The first-order valence-electron chi connectivity index (χ1n) is 3.88. The smallest absolute Gasteiger partial charge is 0.0793 e. The summed E-state index contributed by atoms with van der Waals surface area (Å²) < 4.78 is 0. The van der Waals surface area contributed by atoms with Gasteiger partial charge >= 0.3 is 0 Å². The normalized spacial score (nSPS) is 21.0. The summed E-state index contributed by atoms with van der Waals surface area (Å²) in [5.41, 5.74) is 0. The van der Waals surface area contributed by atoms with Gasteiger partial charge in [0, 0.05) is 25.9 Å². The first-order chi connectivity index (χ1) is 4.43. The highest BCUT2D eigenvalue weighted by Gasteiger charge is 2.13. The third-order valence-corrected chi connectivity index (χ3v) is 2.00. The Morgan fingerprint density at radius 1 is 1.22 bits per heavy atom. The van der Waals surface area contributed by atoms with Gasteiger partial charge in [0.05, 0.1) is 19.6 Å². The van der Waals surface area contributed by atoms with E-state index < -0.39 is 0 Å². The van der Waals surface area contributed by atoms with Gasteiger partial charge in [0.15, 0.2) is 0 Å². The average Bonchev–Trinajstić information content (AvgIpc) is 2.34. The van der Waals surface area contributed by atoms with Crippen molar-refractivity contribution in [2.75, 3.05) is 26.2 Å². The van der Waals surface area contributed by atoms with Crippen LogP contribution in [0.5, 0.6) is 0 Å². The molecule has 1 saturated heterocycles. The summed E-state index contributed by atoms with van der Waals surface area (Å²) in [5.74, 6) is 0. The van der Waals surface area contributed by atoms with Gasteiger partial charge in [0.25, 0.3) is 0 Å². The highest BCUT2D eigenvalue weighted by Crippen LogP contribution is 1.87. The number of aliphatic hydroxyl groups excluding tert-OH is 1. The van der Waals surface area contributed by atoms with E-state index in [1.165, 1.54) is 32.5 Å². The fourth-order valence-electron chi connectivity index (χ4n) is 1.45. The van der Waals surface area contributed by atoms with Gasteiger partial charge in [-0.2, -0.15) is 0 Å². The van der Waals surface area contributed by atoms with Crippen molar-refractivity contribution in [3.63, 3.8) is 0 Å². The second kappa shape index (κ2) is 3.85. The van der Waals surface area contributed by atoms with E-state index in [1.54, 1.807) is 4.90 Å². The van der Waals surface area contributed by atoms with E-state index in [0.717, 1.165) is 6.42 Å². The maximum absolute atomic E-state index is 8.51. The maximum Gasteiger partial charge on any atom is 0.0793 e. The van der Waals surface area contributed by atoms with Crippen LogP contribution in [0.4, 0.5) is 0 Å². The zero-order valence-electron chi connectivity index (χ0n) is 5.90. The fraction of sp³-hybridized carbons (Fsp3) is 1.00. The molecule has 0 atom stereocenters. The Hall–Kier alpha value is -0.0800. The fourth-order valence-corrected chi connectivity index (χ4v) is 1.45.